The van der Waals surface area contributed by atoms with Crippen molar-refractivity contribution >= 4 is 17.8 Å². The molecular formula is C21H30N2O6. The number of nitrogens with one attached hydrogen (secondary N) is 1. The lowest BCUT2D eigenvalue weighted by Gasteiger charge is -2.34. The molecule has 1 atom stereocenters. The second-order valence-corrected chi connectivity index (χ2v) is 7.33. The summed E-state index contributed by atoms with van der Waals surface area (Å²) < 4.78 is 15.3. The summed E-state index contributed by atoms with van der Waals surface area (Å²) in [7, 11) is 4.37. The van der Waals surface area contributed by atoms with Gasteiger partial charge in [-0.25, -0.2) is 4.79 Å². The average Bonchev–Trinajstić information content (AvgIpc) is 2.77. The summed E-state index contributed by atoms with van der Waals surface area (Å²) in [5.74, 6) is 0.0542. The summed E-state index contributed by atoms with van der Waals surface area (Å²) in [6, 6.07) is 5.05. The van der Waals surface area contributed by atoms with E-state index in [0.29, 0.717) is 49.4 Å². The highest BCUT2D eigenvalue weighted by Gasteiger charge is 2.37. The number of nitrogens with zero attached hydrogens (tertiary/aromatic N) is 1. The van der Waals surface area contributed by atoms with E-state index in [9.17, 15) is 14.4 Å². The number of piperidine rings is 1. The highest BCUT2D eigenvalue weighted by molar-refractivity contribution is 5.95. The van der Waals surface area contributed by atoms with E-state index in [0.717, 1.165) is 0 Å². The second kappa shape index (κ2) is 9.62. The number of methoxy groups -OCH3 is 3. The van der Waals surface area contributed by atoms with Gasteiger partial charge in [0, 0.05) is 30.6 Å². The third kappa shape index (κ3) is 5.19. The highest BCUT2D eigenvalue weighted by atomic mass is 16.5. The van der Waals surface area contributed by atoms with Crippen LogP contribution < -0.4 is 14.8 Å². The minimum Gasteiger partial charge on any atom is -0.497 e. The normalized spacial score (nSPS) is 16.5. The Balaban J connectivity index is 2.00. The molecule has 0 aromatic heterocycles. The number of hydrogen-bond acceptors (Lipinski definition) is 6. The molecule has 0 bridgehead atoms. The number of carbonyl (C=O) groups excluding carboxylic acids is 3. The highest BCUT2D eigenvalue weighted by Crippen LogP contribution is 2.26. The van der Waals surface area contributed by atoms with E-state index in [1.807, 2.05) is 6.92 Å². The number of ether oxygens (including phenoxy) is 3. The molecule has 1 unspecified atom stereocenters. The quantitative estimate of drug-likeness (QED) is 0.696. The Morgan fingerprint density at radius 2 is 1.62 bits per heavy atom. The van der Waals surface area contributed by atoms with E-state index >= 15 is 0 Å². The molecule has 1 fully saturated rings. The molecule has 0 aliphatic carbocycles. The third-order valence-electron chi connectivity index (χ3n) is 5.49. The van der Waals surface area contributed by atoms with Gasteiger partial charge in [0.15, 0.2) is 0 Å². The van der Waals surface area contributed by atoms with Crippen molar-refractivity contribution in [1.29, 1.82) is 0 Å². The van der Waals surface area contributed by atoms with Crippen LogP contribution in [0.5, 0.6) is 11.5 Å². The Morgan fingerprint density at radius 1 is 1.07 bits per heavy atom. The Morgan fingerprint density at radius 3 is 2.07 bits per heavy atom. The van der Waals surface area contributed by atoms with Crippen LogP contribution in [0.4, 0.5) is 0 Å². The van der Waals surface area contributed by atoms with Crippen molar-refractivity contribution in [3.8, 4) is 11.5 Å². The topological polar surface area (TPSA) is 94.2 Å². The Kier molecular flexibility index (Phi) is 7.47. The largest absolute Gasteiger partial charge is 0.497 e. The van der Waals surface area contributed by atoms with Gasteiger partial charge in [0.1, 0.15) is 17.0 Å². The molecular weight excluding hydrogens is 376 g/mol. The fourth-order valence-corrected chi connectivity index (χ4v) is 3.34. The van der Waals surface area contributed by atoms with Gasteiger partial charge in [0.05, 0.1) is 21.3 Å². The lowest BCUT2D eigenvalue weighted by Crippen LogP contribution is -2.55. The van der Waals surface area contributed by atoms with Gasteiger partial charge in [-0.2, -0.15) is 0 Å². The monoisotopic (exact) mass is 406 g/mol. The molecule has 1 aromatic rings. The van der Waals surface area contributed by atoms with Gasteiger partial charge < -0.3 is 24.4 Å². The zero-order valence-corrected chi connectivity index (χ0v) is 17.7. The predicted octanol–water partition coefficient (Wildman–Crippen LogP) is 2.01. The van der Waals surface area contributed by atoms with Crippen LogP contribution in [0.1, 0.15) is 43.5 Å². The third-order valence-corrected chi connectivity index (χ3v) is 5.49. The Bertz CT molecular complexity index is 735. The van der Waals surface area contributed by atoms with E-state index in [4.69, 9.17) is 14.2 Å². The van der Waals surface area contributed by atoms with E-state index < -0.39 is 11.5 Å². The van der Waals surface area contributed by atoms with Gasteiger partial charge in [-0.3, -0.25) is 9.59 Å². The summed E-state index contributed by atoms with van der Waals surface area (Å²) in [5.41, 5.74) is -0.566. The van der Waals surface area contributed by atoms with Crippen LogP contribution in [-0.4, -0.2) is 62.6 Å². The summed E-state index contributed by atoms with van der Waals surface area (Å²) in [6.07, 6.45) is 1.49. The maximum absolute atomic E-state index is 12.9. The fourth-order valence-electron chi connectivity index (χ4n) is 3.34. The van der Waals surface area contributed by atoms with Crippen LogP contribution in [0.15, 0.2) is 18.2 Å². The zero-order chi connectivity index (χ0) is 21.6. The molecule has 0 spiro atoms. The SMILES string of the molecule is CCC(C)(NC(=O)C1CCN(C(=O)c2cc(OC)cc(OC)c2)CC1)C(=O)OC. The van der Waals surface area contributed by atoms with Gasteiger partial charge in [-0.15, -0.1) is 0 Å². The van der Waals surface area contributed by atoms with Crippen molar-refractivity contribution in [3.05, 3.63) is 23.8 Å². The molecule has 1 aliphatic heterocycles. The van der Waals surface area contributed by atoms with Crippen molar-refractivity contribution in [2.45, 2.75) is 38.6 Å². The van der Waals surface area contributed by atoms with Gasteiger partial charge in [-0.05, 0) is 38.3 Å². The summed E-state index contributed by atoms with van der Waals surface area (Å²) in [6.45, 7) is 4.39. The zero-order valence-electron chi connectivity index (χ0n) is 17.7. The number of rotatable bonds is 7. The molecule has 2 amide bonds. The van der Waals surface area contributed by atoms with Gasteiger partial charge >= 0.3 is 5.97 Å². The predicted molar refractivity (Wildman–Crippen MR) is 107 cm³/mol. The van der Waals surface area contributed by atoms with Crippen molar-refractivity contribution in [2.75, 3.05) is 34.4 Å². The van der Waals surface area contributed by atoms with Gasteiger partial charge in [0.25, 0.3) is 5.91 Å². The first-order valence-electron chi connectivity index (χ1n) is 9.70. The minimum atomic E-state index is -1.05. The van der Waals surface area contributed by atoms with Crippen LogP contribution >= 0.6 is 0 Å². The number of likely N-dealkylation sites (tertiary alicyclic amines) is 1. The molecule has 0 radical (unpaired) electrons. The van der Waals surface area contributed by atoms with Crippen molar-refractivity contribution in [1.82, 2.24) is 10.2 Å². The smallest absolute Gasteiger partial charge is 0.331 e. The number of benzene rings is 1. The first-order valence-corrected chi connectivity index (χ1v) is 9.70. The molecule has 1 aromatic carbocycles. The summed E-state index contributed by atoms with van der Waals surface area (Å²) in [5, 5.41) is 2.82. The van der Waals surface area contributed by atoms with E-state index in [1.54, 1.807) is 30.0 Å². The number of esters is 1. The number of amides is 2. The summed E-state index contributed by atoms with van der Waals surface area (Å²) in [4.78, 5) is 39.2. The lowest BCUT2D eigenvalue weighted by molar-refractivity contribution is -0.151. The van der Waals surface area contributed by atoms with E-state index in [1.165, 1.54) is 21.3 Å². The van der Waals surface area contributed by atoms with Crippen LogP contribution in [0.25, 0.3) is 0 Å². The van der Waals surface area contributed by atoms with Crippen molar-refractivity contribution < 1.29 is 28.6 Å². The minimum absolute atomic E-state index is 0.131. The van der Waals surface area contributed by atoms with Crippen LogP contribution in [-0.2, 0) is 14.3 Å². The molecule has 8 nitrogen and oxygen atoms in total. The maximum Gasteiger partial charge on any atom is 0.331 e. The van der Waals surface area contributed by atoms with Crippen molar-refractivity contribution in [2.24, 2.45) is 5.92 Å². The van der Waals surface area contributed by atoms with Crippen LogP contribution in [0.2, 0.25) is 0 Å². The van der Waals surface area contributed by atoms with Crippen LogP contribution in [0, 0.1) is 5.92 Å². The molecule has 1 aliphatic rings. The standard InChI is InChI=1S/C21H30N2O6/c1-6-21(2,20(26)29-5)22-18(24)14-7-9-23(10-8-14)19(25)15-11-16(27-3)13-17(12-15)28-4/h11-14H,6-10H2,1-5H3,(H,22,24). The summed E-state index contributed by atoms with van der Waals surface area (Å²) >= 11 is 0. The first kappa shape index (κ1) is 22.5. The fraction of sp³-hybridized carbons (Fsp3) is 0.571. The molecule has 2 rings (SSSR count). The maximum atomic E-state index is 12.9. The molecule has 1 saturated heterocycles. The Hall–Kier alpha value is -2.77. The molecule has 1 heterocycles. The van der Waals surface area contributed by atoms with Gasteiger partial charge in [-0.1, -0.05) is 6.92 Å². The van der Waals surface area contributed by atoms with Crippen molar-refractivity contribution in [3.63, 3.8) is 0 Å². The Labute approximate surface area is 171 Å². The van der Waals surface area contributed by atoms with Crippen LogP contribution in [0.3, 0.4) is 0 Å². The number of carbonyl (C=O) groups is 3. The lowest BCUT2D eigenvalue weighted by atomic mass is 9.92. The van der Waals surface area contributed by atoms with E-state index in [2.05, 4.69) is 5.32 Å². The molecule has 1 N–H and O–H groups in total. The van der Waals surface area contributed by atoms with E-state index in [-0.39, 0.29) is 17.7 Å². The second-order valence-electron chi connectivity index (χ2n) is 7.33. The number of hydrogen-bond donors (Lipinski definition) is 1. The van der Waals surface area contributed by atoms with Gasteiger partial charge in [0.2, 0.25) is 5.91 Å². The molecule has 160 valence electrons. The first-order chi connectivity index (χ1) is 13.8. The molecule has 8 heteroatoms. The molecule has 29 heavy (non-hydrogen) atoms. The average molecular weight is 406 g/mol. The molecule has 0 saturated carbocycles.